The van der Waals surface area contributed by atoms with Gasteiger partial charge < -0.3 is 45.9 Å². The van der Waals surface area contributed by atoms with Crippen LogP contribution in [0.5, 0.6) is 34.5 Å². The molecule has 4 aromatic carbocycles. The number of benzene rings is 4. The maximum Gasteiger partial charge on any atom is 0.453 e. The standard InChI is InChI=1S/C49H66O12P2/c1-45(2,3)37-23-29(50-13)19-33(41(37)58-62-56-27-49(54-17,55-18)28-57-62)34-20-30(51-14)24-38(46(4,5)6)42(34)59-63-60-43-35(21-31(52-15)25-39(43)47(7,8)9)36-22-32(53-16)26-40(44(36)61-63)48(10,11)12/h19-26H,27-28H2,1-18H3. The summed E-state index contributed by atoms with van der Waals surface area (Å²) in [5.74, 6) is 2.61. The molecule has 0 saturated carbocycles. The lowest BCUT2D eigenvalue weighted by molar-refractivity contribution is -0.250. The maximum absolute atomic E-state index is 7.36. The third-order valence-corrected chi connectivity index (χ3v) is 13.2. The van der Waals surface area contributed by atoms with E-state index in [1.54, 1.807) is 42.7 Å². The van der Waals surface area contributed by atoms with Gasteiger partial charge >= 0.3 is 16.8 Å². The van der Waals surface area contributed by atoms with E-state index in [-0.39, 0.29) is 24.0 Å². The minimum absolute atomic E-state index is 0.108. The highest BCUT2D eigenvalue weighted by molar-refractivity contribution is 7.42. The lowest BCUT2D eigenvalue weighted by atomic mass is 9.81. The molecule has 1 aliphatic rings. The smallest absolute Gasteiger partial charge is 0.453 e. The highest BCUT2D eigenvalue weighted by Crippen LogP contribution is 2.56. The van der Waals surface area contributed by atoms with Crippen LogP contribution in [-0.4, -0.2) is 61.7 Å². The summed E-state index contributed by atoms with van der Waals surface area (Å²) in [6.45, 7) is 25.9. The minimum atomic E-state index is -2.24. The molecular formula is C49H66O12P2. The quantitative estimate of drug-likeness (QED) is 0.0927. The first-order chi connectivity index (χ1) is 29.4. The molecule has 0 bridgehead atoms. The second-order valence-electron chi connectivity index (χ2n) is 19.9. The molecule has 1 aromatic heterocycles. The van der Waals surface area contributed by atoms with Crippen LogP contribution < -0.4 is 28.0 Å². The number of rotatable bonds is 11. The summed E-state index contributed by atoms with van der Waals surface area (Å²) in [6, 6.07) is 15.9. The number of ether oxygens (including phenoxy) is 6. The topological polar surface area (TPSA) is 119 Å². The lowest BCUT2D eigenvalue weighted by Crippen LogP contribution is -2.45. The molecule has 0 atom stereocenters. The van der Waals surface area contributed by atoms with E-state index in [0.29, 0.717) is 56.8 Å². The van der Waals surface area contributed by atoms with E-state index in [4.69, 9.17) is 54.9 Å². The van der Waals surface area contributed by atoms with E-state index in [0.717, 1.165) is 33.0 Å². The van der Waals surface area contributed by atoms with Gasteiger partial charge in [-0.15, -0.1) is 0 Å². The molecule has 1 fully saturated rings. The summed E-state index contributed by atoms with van der Waals surface area (Å²) in [7, 11) is 5.62. The fraction of sp³-hybridized carbons (Fsp3) is 0.510. The average molecular weight is 909 g/mol. The fourth-order valence-electron chi connectivity index (χ4n) is 7.41. The van der Waals surface area contributed by atoms with Crippen molar-refractivity contribution in [3.05, 3.63) is 70.8 Å². The van der Waals surface area contributed by atoms with Gasteiger partial charge in [0, 0.05) is 58.4 Å². The third kappa shape index (κ3) is 10.1. The molecule has 12 nitrogen and oxygen atoms in total. The summed E-state index contributed by atoms with van der Waals surface area (Å²) in [6.07, 6.45) is 0. The van der Waals surface area contributed by atoms with E-state index in [2.05, 4.69) is 83.1 Å². The molecule has 0 N–H and O–H groups in total. The maximum atomic E-state index is 7.36. The normalized spacial score (nSPS) is 15.1. The van der Waals surface area contributed by atoms with Crippen LogP contribution in [0.15, 0.2) is 56.9 Å². The Hall–Kier alpha value is -4.15. The summed E-state index contributed by atoms with van der Waals surface area (Å²) in [5.41, 5.74) is 4.49. The van der Waals surface area contributed by atoms with Crippen LogP contribution in [0.4, 0.5) is 0 Å². The van der Waals surface area contributed by atoms with Crippen LogP contribution >= 0.6 is 16.8 Å². The molecule has 63 heavy (non-hydrogen) atoms. The van der Waals surface area contributed by atoms with Crippen molar-refractivity contribution in [1.82, 2.24) is 0 Å². The number of hydrogen-bond donors (Lipinski definition) is 0. The zero-order valence-electron chi connectivity index (χ0n) is 40.3. The zero-order chi connectivity index (χ0) is 46.4. The molecule has 14 heteroatoms. The van der Waals surface area contributed by atoms with Gasteiger partial charge in [0.1, 0.15) is 58.9 Å². The van der Waals surface area contributed by atoms with Crippen molar-refractivity contribution in [2.24, 2.45) is 0 Å². The predicted octanol–water partition coefficient (Wildman–Crippen LogP) is 13.7. The van der Waals surface area contributed by atoms with Crippen molar-refractivity contribution >= 4 is 38.8 Å². The monoisotopic (exact) mass is 908 g/mol. The van der Waals surface area contributed by atoms with Crippen molar-refractivity contribution < 1.29 is 54.9 Å². The van der Waals surface area contributed by atoms with E-state index < -0.39 is 33.5 Å². The molecule has 0 radical (unpaired) electrons. The predicted molar refractivity (Wildman–Crippen MR) is 251 cm³/mol. The summed E-state index contributed by atoms with van der Waals surface area (Å²) >= 11 is 0. The van der Waals surface area contributed by atoms with Crippen LogP contribution in [0.2, 0.25) is 0 Å². The molecule has 1 saturated heterocycles. The van der Waals surface area contributed by atoms with Gasteiger partial charge in [-0.2, -0.15) is 0 Å². The first kappa shape index (κ1) is 48.3. The van der Waals surface area contributed by atoms with E-state index >= 15 is 0 Å². The van der Waals surface area contributed by atoms with E-state index in [1.807, 2.05) is 48.5 Å². The Kier molecular flexibility index (Phi) is 13.8. The molecule has 5 aromatic rings. The molecule has 6 rings (SSSR count). The van der Waals surface area contributed by atoms with Crippen molar-refractivity contribution in [2.45, 2.75) is 111 Å². The molecule has 1 aliphatic heterocycles. The van der Waals surface area contributed by atoms with Crippen LogP contribution in [-0.2, 0) is 40.2 Å². The lowest BCUT2D eigenvalue weighted by Gasteiger charge is -2.36. The Morgan fingerprint density at radius 1 is 0.444 bits per heavy atom. The van der Waals surface area contributed by atoms with Crippen molar-refractivity contribution in [1.29, 1.82) is 0 Å². The van der Waals surface area contributed by atoms with Crippen molar-refractivity contribution in [3.8, 4) is 45.6 Å². The largest absolute Gasteiger partial charge is 0.497 e. The first-order valence-electron chi connectivity index (χ1n) is 21.0. The van der Waals surface area contributed by atoms with Crippen LogP contribution in [0, 0.1) is 0 Å². The molecule has 0 amide bonds. The fourth-order valence-corrected chi connectivity index (χ4v) is 9.69. The molecule has 0 spiro atoms. The van der Waals surface area contributed by atoms with Crippen molar-refractivity contribution in [2.75, 3.05) is 55.9 Å². The molecular weight excluding hydrogens is 842 g/mol. The van der Waals surface area contributed by atoms with Gasteiger partial charge in [0.05, 0.1) is 28.4 Å². The van der Waals surface area contributed by atoms with Gasteiger partial charge in [-0.3, -0.25) is 9.05 Å². The van der Waals surface area contributed by atoms with Gasteiger partial charge in [0.2, 0.25) is 5.79 Å². The zero-order valence-corrected chi connectivity index (χ0v) is 42.1. The Balaban J connectivity index is 1.74. The van der Waals surface area contributed by atoms with Crippen LogP contribution in [0.25, 0.3) is 33.1 Å². The molecule has 344 valence electrons. The number of methoxy groups -OCH3 is 6. The molecule has 2 heterocycles. The average Bonchev–Trinajstić information content (AvgIpc) is 3.37. The van der Waals surface area contributed by atoms with E-state index in [9.17, 15) is 0 Å². The highest BCUT2D eigenvalue weighted by Gasteiger charge is 2.41. The summed E-state index contributed by atoms with van der Waals surface area (Å²) < 4.78 is 76.0. The third-order valence-electron chi connectivity index (χ3n) is 11.2. The van der Waals surface area contributed by atoms with E-state index in [1.165, 1.54) is 0 Å². The Bertz CT molecular complexity index is 2400. The molecule has 0 aliphatic carbocycles. The Labute approximate surface area is 375 Å². The second kappa shape index (κ2) is 18.0. The van der Waals surface area contributed by atoms with Gasteiger partial charge in [-0.25, -0.2) is 0 Å². The second-order valence-corrected chi connectivity index (χ2v) is 22.0. The van der Waals surface area contributed by atoms with Gasteiger partial charge in [-0.05, 0) is 70.2 Å². The molecule has 0 unspecified atom stereocenters. The first-order valence-corrected chi connectivity index (χ1v) is 23.2. The Morgan fingerprint density at radius 3 is 1.11 bits per heavy atom. The van der Waals surface area contributed by atoms with Gasteiger partial charge in [0.15, 0.2) is 0 Å². The summed E-state index contributed by atoms with van der Waals surface area (Å²) in [4.78, 5) is 0. The number of hydrogen-bond acceptors (Lipinski definition) is 12. The van der Waals surface area contributed by atoms with Gasteiger partial charge in [0.25, 0.3) is 0 Å². The summed E-state index contributed by atoms with van der Waals surface area (Å²) in [5, 5.41) is 1.61. The van der Waals surface area contributed by atoms with Crippen LogP contribution in [0.3, 0.4) is 0 Å². The number of fused-ring (bicyclic) bond motifs is 3. The van der Waals surface area contributed by atoms with Crippen LogP contribution in [0.1, 0.15) is 105 Å². The Morgan fingerprint density at radius 2 is 0.778 bits per heavy atom. The SMILES string of the molecule is COc1cc(-c2cc(OC)cc(C(C)(C)C)c2Op2oc3c(C(C)(C)C)cc(OC)cc3c3cc(OC)cc(C(C)(C)C)c3o2)c(OP2OCC(OC)(OC)CO2)c(C(C)(C)C)c1. The van der Waals surface area contributed by atoms with Crippen molar-refractivity contribution in [3.63, 3.8) is 0 Å². The van der Waals surface area contributed by atoms with Gasteiger partial charge in [-0.1, -0.05) is 83.1 Å². The minimum Gasteiger partial charge on any atom is -0.497 e. The highest BCUT2D eigenvalue weighted by atomic mass is 31.2.